The molecule has 1 aromatic rings. The number of epoxide rings is 1. The zero-order chi connectivity index (χ0) is 13.8. The second-order valence-corrected chi connectivity index (χ2v) is 5.89. The van der Waals surface area contributed by atoms with E-state index >= 15 is 0 Å². The van der Waals surface area contributed by atoms with Gasteiger partial charge in [-0.15, -0.1) is 0 Å². The van der Waals surface area contributed by atoms with E-state index in [4.69, 9.17) is 4.74 Å². The molecule has 4 heteroatoms. The molecule has 0 saturated carbocycles. The van der Waals surface area contributed by atoms with Crippen LogP contribution in [0.3, 0.4) is 0 Å². The summed E-state index contributed by atoms with van der Waals surface area (Å²) in [6.07, 6.45) is 2.57. The van der Waals surface area contributed by atoms with E-state index in [1.165, 1.54) is 0 Å². The van der Waals surface area contributed by atoms with E-state index in [1.807, 2.05) is 6.92 Å². The number of ether oxygens (including phenoxy) is 1. The molecule has 1 heterocycles. The quantitative estimate of drug-likeness (QED) is 0.802. The average molecular weight is 262 g/mol. The fourth-order valence-electron chi connectivity index (χ4n) is 3.26. The number of fused-ring (bicyclic) bond motifs is 1. The van der Waals surface area contributed by atoms with Gasteiger partial charge in [0, 0.05) is 0 Å². The summed E-state index contributed by atoms with van der Waals surface area (Å²) >= 11 is 0. The Kier molecular flexibility index (Phi) is 2.61. The number of carbonyl (C=O) groups is 1. The van der Waals surface area contributed by atoms with Gasteiger partial charge in [0.1, 0.15) is 11.3 Å². The number of aromatic carboxylic acids is 1. The van der Waals surface area contributed by atoms with Crippen molar-refractivity contribution in [2.45, 2.75) is 38.7 Å². The predicted octanol–water partition coefficient (Wildman–Crippen LogP) is 2.29. The van der Waals surface area contributed by atoms with Crippen LogP contribution in [0.15, 0.2) is 6.07 Å². The molecule has 3 rings (SSSR count). The Morgan fingerprint density at radius 2 is 2.16 bits per heavy atom. The molecule has 2 unspecified atom stereocenters. The summed E-state index contributed by atoms with van der Waals surface area (Å²) in [5, 5.41) is 19.2. The number of rotatable bonds is 2. The highest BCUT2D eigenvalue weighted by Gasteiger charge is 2.48. The summed E-state index contributed by atoms with van der Waals surface area (Å²) in [5.41, 5.74) is 2.87. The van der Waals surface area contributed by atoms with Crippen LogP contribution in [0.4, 0.5) is 0 Å². The molecular formula is C15H18O4. The van der Waals surface area contributed by atoms with Crippen molar-refractivity contribution >= 4 is 5.97 Å². The van der Waals surface area contributed by atoms with E-state index in [0.29, 0.717) is 12.3 Å². The van der Waals surface area contributed by atoms with Crippen LogP contribution in [0.25, 0.3) is 0 Å². The van der Waals surface area contributed by atoms with Crippen LogP contribution >= 0.6 is 0 Å². The van der Waals surface area contributed by atoms with Crippen LogP contribution < -0.4 is 0 Å². The summed E-state index contributed by atoms with van der Waals surface area (Å²) < 4.78 is 5.50. The number of aromatic hydroxyl groups is 1. The smallest absolute Gasteiger partial charge is 0.339 e. The number of hydrogen-bond donors (Lipinski definition) is 2. The van der Waals surface area contributed by atoms with Crippen LogP contribution in [0.1, 0.15) is 40.4 Å². The summed E-state index contributed by atoms with van der Waals surface area (Å²) in [4.78, 5) is 11.4. The molecule has 1 aliphatic carbocycles. The first-order chi connectivity index (χ1) is 8.92. The number of phenols is 1. The first-order valence-electron chi connectivity index (χ1n) is 6.64. The van der Waals surface area contributed by atoms with Gasteiger partial charge in [-0.3, -0.25) is 0 Å². The van der Waals surface area contributed by atoms with Gasteiger partial charge in [-0.1, -0.05) is 0 Å². The van der Waals surface area contributed by atoms with E-state index in [0.717, 1.165) is 36.1 Å². The van der Waals surface area contributed by atoms with Crippen molar-refractivity contribution < 1.29 is 19.7 Å². The second-order valence-electron chi connectivity index (χ2n) is 5.89. The maximum absolute atomic E-state index is 11.4. The first-order valence-corrected chi connectivity index (χ1v) is 6.64. The van der Waals surface area contributed by atoms with Crippen molar-refractivity contribution in [2.24, 2.45) is 5.92 Å². The van der Waals surface area contributed by atoms with Crippen molar-refractivity contribution in [3.05, 3.63) is 28.3 Å². The zero-order valence-corrected chi connectivity index (χ0v) is 11.2. The fourth-order valence-corrected chi connectivity index (χ4v) is 3.26. The minimum atomic E-state index is -1.05. The Bertz CT molecular complexity index is 558. The lowest BCUT2D eigenvalue weighted by Crippen LogP contribution is -2.29. The molecule has 102 valence electrons. The molecule has 0 aromatic heterocycles. The van der Waals surface area contributed by atoms with Gasteiger partial charge in [0.25, 0.3) is 0 Å². The summed E-state index contributed by atoms with van der Waals surface area (Å²) in [7, 11) is 0. The number of carboxylic acid groups (broad SMARTS) is 1. The molecule has 1 aliphatic heterocycles. The molecule has 2 N–H and O–H groups in total. The lowest BCUT2D eigenvalue weighted by molar-refractivity contribution is 0.0691. The third-order valence-corrected chi connectivity index (χ3v) is 4.62. The molecule has 0 amide bonds. The highest BCUT2D eigenvalue weighted by molar-refractivity contribution is 5.93. The van der Waals surface area contributed by atoms with E-state index in [1.54, 1.807) is 6.07 Å². The van der Waals surface area contributed by atoms with Gasteiger partial charge in [0.15, 0.2) is 0 Å². The highest BCUT2D eigenvalue weighted by Crippen LogP contribution is 2.44. The van der Waals surface area contributed by atoms with Crippen LogP contribution in [0.5, 0.6) is 5.75 Å². The normalized spacial score (nSPS) is 28.8. The van der Waals surface area contributed by atoms with Gasteiger partial charge in [-0.25, -0.2) is 4.79 Å². The van der Waals surface area contributed by atoms with Gasteiger partial charge in [-0.2, -0.15) is 0 Å². The molecule has 1 fully saturated rings. The van der Waals surface area contributed by atoms with E-state index < -0.39 is 5.97 Å². The minimum Gasteiger partial charge on any atom is -0.507 e. The van der Waals surface area contributed by atoms with Gasteiger partial charge in [0.05, 0.1) is 12.2 Å². The largest absolute Gasteiger partial charge is 0.507 e. The van der Waals surface area contributed by atoms with Crippen LogP contribution in [0, 0.1) is 12.8 Å². The van der Waals surface area contributed by atoms with Crippen molar-refractivity contribution in [3.8, 4) is 5.75 Å². The topological polar surface area (TPSA) is 70.1 Å². The Balaban J connectivity index is 2.08. The zero-order valence-electron chi connectivity index (χ0n) is 11.2. The minimum absolute atomic E-state index is 0.0783. The Labute approximate surface area is 112 Å². The molecule has 4 nitrogen and oxygen atoms in total. The Morgan fingerprint density at radius 1 is 1.47 bits per heavy atom. The number of carboxylic acids is 1. The van der Waals surface area contributed by atoms with Crippen LogP contribution in [0.2, 0.25) is 0 Å². The summed E-state index contributed by atoms with van der Waals surface area (Å²) in [6.45, 7) is 4.77. The Morgan fingerprint density at radius 3 is 2.74 bits per heavy atom. The standard InChI is InChI=1S/C15H18O4/c1-8-5-12(16)13(14(17)18)11-6-9(3-4-10(8)11)15(2)7-19-15/h5,9,16H,3-4,6-7H2,1-2H3,(H,17,18). The molecular weight excluding hydrogens is 244 g/mol. The van der Waals surface area contributed by atoms with E-state index in [9.17, 15) is 15.0 Å². The SMILES string of the molecule is Cc1cc(O)c(C(=O)O)c2c1CCC(C1(C)CO1)C2. The molecule has 0 spiro atoms. The van der Waals surface area contributed by atoms with Crippen LogP contribution in [-0.2, 0) is 17.6 Å². The summed E-state index contributed by atoms with van der Waals surface area (Å²) in [6, 6.07) is 1.57. The molecule has 0 radical (unpaired) electrons. The highest BCUT2D eigenvalue weighted by atomic mass is 16.6. The average Bonchev–Trinajstić information content (AvgIpc) is 3.07. The van der Waals surface area contributed by atoms with E-state index in [2.05, 4.69) is 6.92 Å². The lowest BCUT2D eigenvalue weighted by Gasteiger charge is -2.30. The van der Waals surface area contributed by atoms with Gasteiger partial charge < -0.3 is 14.9 Å². The first kappa shape index (κ1) is 12.5. The van der Waals surface area contributed by atoms with Crippen molar-refractivity contribution in [1.82, 2.24) is 0 Å². The monoisotopic (exact) mass is 262 g/mol. The molecule has 2 aliphatic rings. The van der Waals surface area contributed by atoms with Gasteiger partial charge in [0.2, 0.25) is 0 Å². The molecule has 1 saturated heterocycles. The van der Waals surface area contributed by atoms with Crippen molar-refractivity contribution in [3.63, 3.8) is 0 Å². The second kappa shape index (κ2) is 3.97. The van der Waals surface area contributed by atoms with E-state index in [-0.39, 0.29) is 16.9 Å². The molecule has 1 aromatic carbocycles. The number of aryl methyl sites for hydroxylation is 1. The molecule has 19 heavy (non-hydrogen) atoms. The third kappa shape index (κ3) is 1.91. The number of hydrogen-bond acceptors (Lipinski definition) is 3. The van der Waals surface area contributed by atoms with Gasteiger partial charge >= 0.3 is 5.97 Å². The van der Waals surface area contributed by atoms with Crippen molar-refractivity contribution in [2.75, 3.05) is 6.61 Å². The Hall–Kier alpha value is -1.55. The molecule has 0 bridgehead atoms. The van der Waals surface area contributed by atoms with Gasteiger partial charge in [-0.05, 0) is 61.8 Å². The maximum atomic E-state index is 11.4. The number of benzene rings is 1. The summed E-state index contributed by atoms with van der Waals surface area (Å²) in [5.74, 6) is -0.818. The maximum Gasteiger partial charge on any atom is 0.339 e. The van der Waals surface area contributed by atoms with Crippen molar-refractivity contribution in [1.29, 1.82) is 0 Å². The predicted molar refractivity (Wildman–Crippen MR) is 69.7 cm³/mol. The lowest BCUT2D eigenvalue weighted by atomic mass is 9.75. The van der Waals surface area contributed by atoms with Crippen LogP contribution in [-0.4, -0.2) is 28.4 Å². The fraction of sp³-hybridized carbons (Fsp3) is 0.533. The molecule has 2 atom stereocenters. The third-order valence-electron chi connectivity index (χ3n) is 4.62.